The summed E-state index contributed by atoms with van der Waals surface area (Å²) in [6.07, 6.45) is 0. The molecular formula is C15H8N2O2. The highest BCUT2D eigenvalue weighted by molar-refractivity contribution is 6.02. The lowest BCUT2D eigenvalue weighted by Crippen LogP contribution is -2.05. The normalized spacial score (nSPS) is 11.4. The minimum Gasteiger partial charge on any atom is -0.453 e. The van der Waals surface area contributed by atoms with E-state index in [0.717, 1.165) is 5.39 Å². The van der Waals surface area contributed by atoms with Crippen molar-refractivity contribution in [3.8, 4) is 0 Å². The van der Waals surface area contributed by atoms with Crippen molar-refractivity contribution in [1.29, 1.82) is 0 Å². The largest absolute Gasteiger partial charge is 0.453 e. The minimum absolute atomic E-state index is 0.143. The van der Waals surface area contributed by atoms with Crippen molar-refractivity contribution in [3.05, 3.63) is 58.8 Å². The van der Waals surface area contributed by atoms with Crippen molar-refractivity contribution in [3.63, 3.8) is 0 Å². The third kappa shape index (κ3) is 1.37. The molecule has 0 saturated heterocycles. The van der Waals surface area contributed by atoms with Gasteiger partial charge in [-0.3, -0.25) is 4.79 Å². The number of para-hydroxylation sites is 1. The lowest BCUT2D eigenvalue weighted by atomic mass is 10.1. The monoisotopic (exact) mass is 248 g/mol. The van der Waals surface area contributed by atoms with E-state index in [2.05, 4.69) is 10.2 Å². The zero-order chi connectivity index (χ0) is 12.8. The van der Waals surface area contributed by atoms with E-state index in [-0.39, 0.29) is 10.9 Å². The smallest absolute Gasteiger partial charge is 0.220 e. The summed E-state index contributed by atoms with van der Waals surface area (Å²) in [6.45, 7) is 0. The van der Waals surface area contributed by atoms with E-state index in [0.29, 0.717) is 22.1 Å². The zero-order valence-corrected chi connectivity index (χ0v) is 9.83. The standard InChI is InChI=1S/C15H8N2O2/c18-14-10-6-2-4-8-12(10)19-15-9-5-1-3-7-11(9)16-17-13(14)15/h1-8H. The van der Waals surface area contributed by atoms with E-state index < -0.39 is 0 Å². The number of fused-ring (bicyclic) bond motifs is 4. The van der Waals surface area contributed by atoms with Crippen molar-refractivity contribution in [2.75, 3.05) is 0 Å². The van der Waals surface area contributed by atoms with E-state index in [4.69, 9.17) is 4.42 Å². The van der Waals surface area contributed by atoms with Gasteiger partial charge in [-0.1, -0.05) is 24.3 Å². The lowest BCUT2D eigenvalue weighted by molar-refractivity contribution is 0.661. The van der Waals surface area contributed by atoms with Crippen LogP contribution in [0.2, 0.25) is 0 Å². The topological polar surface area (TPSA) is 56.0 Å². The van der Waals surface area contributed by atoms with E-state index in [1.165, 1.54) is 0 Å². The first-order chi connectivity index (χ1) is 9.34. The molecule has 0 atom stereocenters. The van der Waals surface area contributed by atoms with Crippen LogP contribution in [-0.4, -0.2) is 10.2 Å². The first-order valence-corrected chi connectivity index (χ1v) is 5.91. The zero-order valence-electron chi connectivity index (χ0n) is 9.83. The van der Waals surface area contributed by atoms with Crippen LogP contribution < -0.4 is 5.43 Å². The summed E-state index contributed by atoms with van der Waals surface area (Å²) >= 11 is 0. The maximum atomic E-state index is 12.4. The van der Waals surface area contributed by atoms with Crippen LogP contribution in [0.5, 0.6) is 0 Å². The molecule has 2 aromatic carbocycles. The van der Waals surface area contributed by atoms with E-state index in [1.54, 1.807) is 18.2 Å². The average Bonchev–Trinajstić information content (AvgIpc) is 2.47. The lowest BCUT2D eigenvalue weighted by Gasteiger charge is -2.02. The molecule has 0 radical (unpaired) electrons. The Bertz CT molecular complexity index is 989. The third-order valence-electron chi connectivity index (χ3n) is 3.18. The van der Waals surface area contributed by atoms with Gasteiger partial charge < -0.3 is 4.42 Å². The summed E-state index contributed by atoms with van der Waals surface area (Å²) in [7, 11) is 0. The molecule has 2 heterocycles. The van der Waals surface area contributed by atoms with Crippen LogP contribution in [0.1, 0.15) is 0 Å². The Morgan fingerprint density at radius 2 is 1.58 bits per heavy atom. The Morgan fingerprint density at radius 1 is 0.842 bits per heavy atom. The Labute approximate surface area is 107 Å². The minimum atomic E-state index is -0.143. The van der Waals surface area contributed by atoms with Crippen LogP contribution in [0, 0.1) is 0 Å². The molecule has 2 aromatic heterocycles. The molecule has 90 valence electrons. The molecule has 0 unspecified atom stereocenters. The molecule has 4 heteroatoms. The SMILES string of the molecule is O=c1c2ccccc2oc2c1nnc1ccccc12. The summed E-state index contributed by atoms with van der Waals surface area (Å²) in [4.78, 5) is 12.4. The Morgan fingerprint density at radius 3 is 2.47 bits per heavy atom. The van der Waals surface area contributed by atoms with Gasteiger partial charge in [0.2, 0.25) is 5.43 Å². The van der Waals surface area contributed by atoms with Gasteiger partial charge in [-0.05, 0) is 24.3 Å². The van der Waals surface area contributed by atoms with Crippen molar-refractivity contribution in [2.45, 2.75) is 0 Å². The van der Waals surface area contributed by atoms with Gasteiger partial charge in [0.25, 0.3) is 0 Å². The quantitative estimate of drug-likeness (QED) is 0.354. The molecule has 4 aromatic rings. The molecule has 4 rings (SSSR count). The van der Waals surface area contributed by atoms with Crippen molar-refractivity contribution >= 4 is 33.0 Å². The highest BCUT2D eigenvalue weighted by Crippen LogP contribution is 2.23. The van der Waals surface area contributed by atoms with Crippen LogP contribution in [-0.2, 0) is 0 Å². The fourth-order valence-corrected chi connectivity index (χ4v) is 2.26. The molecule has 0 spiro atoms. The number of hydrogen-bond acceptors (Lipinski definition) is 4. The van der Waals surface area contributed by atoms with E-state index >= 15 is 0 Å². The summed E-state index contributed by atoms with van der Waals surface area (Å²) in [5, 5.41) is 9.40. The van der Waals surface area contributed by atoms with Gasteiger partial charge in [0.05, 0.1) is 10.9 Å². The van der Waals surface area contributed by atoms with Crippen molar-refractivity contribution in [2.24, 2.45) is 0 Å². The highest BCUT2D eigenvalue weighted by Gasteiger charge is 2.11. The maximum Gasteiger partial charge on any atom is 0.220 e. The van der Waals surface area contributed by atoms with Crippen molar-refractivity contribution < 1.29 is 4.42 Å². The number of hydrogen-bond donors (Lipinski definition) is 0. The number of rotatable bonds is 0. The van der Waals surface area contributed by atoms with Gasteiger partial charge >= 0.3 is 0 Å². The van der Waals surface area contributed by atoms with Gasteiger partial charge in [-0.25, -0.2) is 0 Å². The maximum absolute atomic E-state index is 12.4. The molecule has 0 bridgehead atoms. The molecule has 0 N–H and O–H groups in total. The van der Waals surface area contributed by atoms with Gasteiger partial charge in [0.1, 0.15) is 5.58 Å². The molecule has 0 amide bonds. The molecule has 0 aliphatic rings. The van der Waals surface area contributed by atoms with Gasteiger partial charge in [-0.15, -0.1) is 10.2 Å². The number of aromatic nitrogens is 2. The predicted molar refractivity (Wildman–Crippen MR) is 73.1 cm³/mol. The molecule has 0 aliphatic carbocycles. The second-order valence-electron chi connectivity index (χ2n) is 4.32. The summed E-state index contributed by atoms with van der Waals surface area (Å²) < 4.78 is 5.84. The molecule has 4 nitrogen and oxygen atoms in total. The molecule has 0 aliphatic heterocycles. The Balaban J connectivity index is 2.36. The second kappa shape index (κ2) is 3.62. The predicted octanol–water partition coefficient (Wildman–Crippen LogP) is 2.89. The van der Waals surface area contributed by atoms with Gasteiger partial charge in [0.15, 0.2) is 11.1 Å². The fraction of sp³-hybridized carbons (Fsp3) is 0. The summed E-state index contributed by atoms with van der Waals surface area (Å²) in [5.74, 6) is 0. The molecular weight excluding hydrogens is 240 g/mol. The van der Waals surface area contributed by atoms with E-state index in [1.807, 2.05) is 30.3 Å². The summed E-state index contributed by atoms with van der Waals surface area (Å²) in [5.41, 5.74) is 1.91. The first kappa shape index (κ1) is 10.2. The Kier molecular flexibility index (Phi) is 1.94. The first-order valence-electron chi connectivity index (χ1n) is 5.91. The van der Waals surface area contributed by atoms with Crippen LogP contribution in [0.4, 0.5) is 0 Å². The third-order valence-corrected chi connectivity index (χ3v) is 3.18. The van der Waals surface area contributed by atoms with Crippen molar-refractivity contribution in [1.82, 2.24) is 10.2 Å². The highest BCUT2D eigenvalue weighted by atomic mass is 16.3. The number of nitrogens with zero attached hydrogens (tertiary/aromatic N) is 2. The number of benzene rings is 2. The van der Waals surface area contributed by atoms with Crippen LogP contribution in [0.25, 0.3) is 33.0 Å². The van der Waals surface area contributed by atoms with Gasteiger partial charge in [0, 0.05) is 5.39 Å². The second-order valence-corrected chi connectivity index (χ2v) is 4.32. The van der Waals surface area contributed by atoms with Gasteiger partial charge in [-0.2, -0.15) is 0 Å². The Hall–Kier alpha value is -2.75. The van der Waals surface area contributed by atoms with E-state index in [9.17, 15) is 4.79 Å². The van der Waals surface area contributed by atoms with Crippen LogP contribution in [0.3, 0.4) is 0 Å². The molecule has 0 fully saturated rings. The van der Waals surface area contributed by atoms with Crippen LogP contribution in [0.15, 0.2) is 57.7 Å². The average molecular weight is 248 g/mol. The molecule has 0 saturated carbocycles. The molecule has 19 heavy (non-hydrogen) atoms. The summed E-state index contributed by atoms with van der Waals surface area (Å²) in [6, 6.07) is 14.7. The van der Waals surface area contributed by atoms with Crippen LogP contribution >= 0.6 is 0 Å². The fourth-order valence-electron chi connectivity index (χ4n) is 2.26.